The minimum absolute atomic E-state index is 0.112. The van der Waals surface area contributed by atoms with E-state index in [0.717, 1.165) is 122 Å². The molecule has 0 aromatic heterocycles. The van der Waals surface area contributed by atoms with Crippen molar-refractivity contribution in [2.75, 3.05) is 13.2 Å². The molecular formula is C69H121NO10. The van der Waals surface area contributed by atoms with Crippen LogP contribution in [0.1, 0.15) is 278 Å². The van der Waals surface area contributed by atoms with Gasteiger partial charge >= 0.3 is 5.97 Å². The van der Waals surface area contributed by atoms with Gasteiger partial charge in [0.05, 0.1) is 25.4 Å². The van der Waals surface area contributed by atoms with E-state index in [1.165, 1.54) is 109 Å². The number of esters is 1. The molecule has 462 valence electrons. The monoisotopic (exact) mass is 1120 g/mol. The largest absolute Gasteiger partial charge is 0.454 e. The summed E-state index contributed by atoms with van der Waals surface area (Å²) in [5.41, 5.74) is 0. The second kappa shape index (κ2) is 56.3. The van der Waals surface area contributed by atoms with E-state index < -0.39 is 67.4 Å². The van der Waals surface area contributed by atoms with E-state index in [0.29, 0.717) is 12.8 Å². The van der Waals surface area contributed by atoms with Crippen molar-refractivity contribution in [3.63, 3.8) is 0 Å². The van der Waals surface area contributed by atoms with Crippen LogP contribution in [0.15, 0.2) is 85.1 Å². The van der Waals surface area contributed by atoms with Crippen molar-refractivity contribution in [2.24, 2.45) is 0 Å². The van der Waals surface area contributed by atoms with Gasteiger partial charge < -0.3 is 45.1 Å². The fourth-order valence-electron chi connectivity index (χ4n) is 9.85. The van der Waals surface area contributed by atoms with Gasteiger partial charge in [-0.15, -0.1) is 0 Å². The summed E-state index contributed by atoms with van der Waals surface area (Å²) in [6, 6.07) is -1.03. The fraction of sp³-hybridized carbons (Fsp3) is 0.768. The van der Waals surface area contributed by atoms with E-state index in [4.69, 9.17) is 14.2 Å². The zero-order valence-electron chi connectivity index (χ0n) is 51.2. The lowest BCUT2D eigenvalue weighted by molar-refractivity contribution is -0.305. The van der Waals surface area contributed by atoms with Crippen LogP contribution in [0.25, 0.3) is 0 Å². The zero-order valence-corrected chi connectivity index (χ0v) is 51.2. The van der Waals surface area contributed by atoms with Gasteiger partial charge in [-0.2, -0.15) is 0 Å². The molecular weight excluding hydrogens is 1000 g/mol. The predicted molar refractivity (Wildman–Crippen MR) is 333 cm³/mol. The van der Waals surface area contributed by atoms with E-state index in [1.54, 1.807) is 6.08 Å². The molecule has 1 fully saturated rings. The molecule has 1 amide bonds. The standard InChI is InChI=1S/C69H121NO10/c1-4-7-10-13-16-19-22-25-26-27-28-29-30-31-32-33-34-35-36-39-42-45-48-51-54-57-64(74)80-67-66(76)65(75)63(58-71)79-69(67)78-59-60(61(72)55-52-49-46-43-40-37-23-20-17-14-11-8-5-2)70-68(77)62(73)56-53-50-47-44-41-38-24-21-18-15-12-9-6-3/h9,12,16,18-19,21,25-26,28-29,31-32,52,55,60-63,65-67,69,71-73,75-76H,4-8,10-11,13-15,17,20,22-24,27,30,33-51,53-54,56-59H2,1-3H3,(H,70,77)/b12-9+,19-16-,21-18+,26-25-,29-28-,32-31-,55-52+. The summed E-state index contributed by atoms with van der Waals surface area (Å²) in [6.07, 6.45) is 63.3. The van der Waals surface area contributed by atoms with Gasteiger partial charge in [-0.05, 0) is 96.3 Å². The maximum atomic E-state index is 13.4. The fourth-order valence-corrected chi connectivity index (χ4v) is 9.85. The number of unbranched alkanes of at least 4 members (excludes halogenated alkanes) is 29. The molecule has 11 nitrogen and oxygen atoms in total. The lowest BCUT2D eigenvalue weighted by Crippen LogP contribution is -2.61. The zero-order chi connectivity index (χ0) is 58.2. The van der Waals surface area contributed by atoms with E-state index in [1.807, 2.05) is 6.08 Å². The summed E-state index contributed by atoms with van der Waals surface area (Å²) in [5.74, 6) is -1.21. The van der Waals surface area contributed by atoms with E-state index in [9.17, 15) is 35.1 Å². The van der Waals surface area contributed by atoms with Crippen molar-refractivity contribution in [3.05, 3.63) is 85.1 Å². The van der Waals surface area contributed by atoms with Gasteiger partial charge in [-0.3, -0.25) is 9.59 Å². The maximum absolute atomic E-state index is 13.4. The second-order valence-corrected chi connectivity index (χ2v) is 22.5. The number of nitrogens with one attached hydrogen (secondary N) is 1. The van der Waals surface area contributed by atoms with Crippen LogP contribution in [0.2, 0.25) is 0 Å². The van der Waals surface area contributed by atoms with Gasteiger partial charge in [-0.25, -0.2) is 0 Å². The van der Waals surface area contributed by atoms with Gasteiger partial charge in [-0.1, -0.05) is 260 Å². The Morgan fingerprint density at radius 1 is 0.500 bits per heavy atom. The van der Waals surface area contributed by atoms with Gasteiger partial charge in [0.1, 0.15) is 24.4 Å². The van der Waals surface area contributed by atoms with Crippen LogP contribution in [0.3, 0.4) is 0 Å². The van der Waals surface area contributed by atoms with Crippen LogP contribution in [0.4, 0.5) is 0 Å². The summed E-state index contributed by atoms with van der Waals surface area (Å²) < 4.78 is 17.6. The van der Waals surface area contributed by atoms with Crippen LogP contribution in [0.5, 0.6) is 0 Å². The molecule has 0 saturated carbocycles. The molecule has 1 heterocycles. The Bertz CT molecular complexity index is 1620. The molecule has 11 heteroatoms. The average molecular weight is 1120 g/mol. The maximum Gasteiger partial charge on any atom is 0.306 e. The normalized spacial score (nSPS) is 19.3. The first-order valence-corrected chi connectivity index (χ1v) is 32.9. The molecule has 1 saturated heterocycles. The van der Waals surface area contributed by atoms with Gasteiger partial charge in [0.25, 0.3) is 0 Å². The number of carbonyl (C=O) groups is 2. The first-order valence-electron chi connectivity index (χ1n) is 32.9. The van der Waals surface area contributed by atoms with Crippen molar-refractivity contribution in [2.45, 2.75) is 327 Å². The molecule has 8 atom stereocenters. The summed E-state index contributed by atoms with van der Waals surface area (Å²) >= 11 is 0. The summed E-state index contributed by atoms with van der Waals surface area (Å²) in [7, 11) is 0. The third-order valence-corrected chi connectivity index (χ3v) is 15.0. The van der Waals surface area contributed by atoms with Gasteiger partial charge in [0, 0.05) is 6.42 Å². The van der Waals surface area contributed by atoms with Crippen molar-refractivity contribution in [1.29, 1.82) is 0 Å². The number of hydrogen-bond acceptors (Lipinski definition) is 10. The van der Waals surface area contributed by atoms with Crippen LogP contribution < -0.4 is 5.32 Å². The highest BCUT2D eigenvalue weighted by atomic mass is 16.7. The molecule has 0 radical (unpaired) electrons. The molecule has 0 aliphatic carbocycles. The van der Waals surface area contributed by atoms with Crippen LogP contribution in [-0.2, 0) is 23.8 Å². The first-order chi connectivity index (χ1) is 39.2. The molecule has 0 spiro atoms. The quantitative estimate of drug-likeness (QED) is 0.0195. The van der Waals surface area contributed by atoms with Crippen LogP contribution >= 0.6 is 0 Å². The molecule has 0 aromatic carbocycles. The second-order valence-electron chi connectivity index (χ2n) is 22.5. The van der Waals surface area contributed by atoms with Crippen LogP contribution in [0, 0.1) is 0 Å². The molecule has 1 aliphatic rings. The molecule has 1 rings (SSSR count). The minimum Gasteiger partial charge on any atom is -0.454 e. The number of hydrogen-bond donors (Lipinski definition) is 6. The van der Waals surface area contributed by atoms with Gasteiger partial charge in [0.15, 0.2) is 12.4 Å². The summed E-state index contributed by atoms with van der Waals surface area (Å²) in [4.78, 5) is 26.6. The lowest BCUT2D eigenvalue weighted by atomic mass is 9.99. The number of rotatable bonds is 55. The number of aliphatic hydroxyl groups excluding tert-OH is 5. The van der Waals surface area contributed by atoms with E-state index in [2.05, 4.69) is 99.0 Å². The molecule has 0 aromatic rings. The molecule has 6 N–H and O–H groups in total. The average Bonchev–Trinajstić information content (AvgIpc) is 3.45. The number of allylic oxidation sites excluding steroid dienone is 13. The van der Waals surface area contributed by atoms with Gasteiger partial charge in [0.2, 0.25) is 5.91 Å². The van der Waals surface area contributed by atoms with E-state index >= 15 is 0 Å². The predicted octanol–water partition coefficient (Wildman–Crippen LogP) is 16.1. The van der Waals surface area contributed by atoms with Crippen molar-refractivity contribution < 1.29 is 49.3 Å². The Balaban J connectivity index is 2.61. The minimum atomic E-state index is -1.62. The highest BCUT2D eigenvalue weighted by molar-refractivity contribution is 5.80. The highest BCUT2D eigenvalue weighted by Crippen LogP contribution is 2.26. The lowest BCUT2D eigenvalue weighted by Gasteiger charge is -2.41. The Kier molecular flexibility index (Phi) is 52.7. The van der Waals surface area contributed by atoms with E-state index in [-0.39, 0.29) is 19.4 Å². The van der Waals surface area contributed by atoms with Crippen molar-refractivity contribution in [1.82, 2.24) is 5.32 Å². The highest BCUT2D eigenvalue weighted by Gasteiger charge is 2.47. The topological polar surface area (TPSA) is 175 Å². The smallest absolute Gasteiger partial charge is 0.306 e. The number of amides is 1. The Hall–Kier alpha value is -3.16. The summed E-state index contributed by atoms with van der Waals surface area (Å²) in [5, 5.41) is 57.0. The first kappa shape index (κ1) is 74.9. The molecule has 0 bridgehead atoms. The Morgan fingerprint density at radius 2 is 0.900 bits per heavy atom. The molecule has 1 aliphatic heterocycles. The van der Waals surface area contributed by atoms with Crippen molar-refractivity contribution in [3.8, 4) is 0 Å². The Labute approximate surface area is 489 Å². The molecule has 80 heavy (non-hydrogen) atoms. The molecule has 8 unspecified atom stereocenters. The van der Waals surface area contributed by atoms with Crippen molar-refractivity contribution >= 4 is 11.9 Å². The summed E-state index contributed by atoms with van der Waals surface area (Å²) in [6.45, 7) is 5.65. The number of ether oxygens (including phenoxy) is 3. The third-order valence-electron chi connectivity index (χ3n) is 15.0. The SMILES string of the molecule is CC/C=C/C/C=C/CCCCCCCCC(O)C(=O)NC(COC1OC(CO)C(O)C(O)C1OC(=O)CCCCCCCCCCC/C=C\C/C=C\C/C=C\C/C=C\CCCCC)C(O)/C=C/CCCCCCCCCCCCC. The number of carbonyl (C=O) groups excluding carboxylic acids is 2. The number of aliphatic hydroxyl groups is 5. The Morgan fingerprint density at radius 3 is 1.38 bits per heavy atom. The third kappa shape index (κ3) is 43.5. The van der Waals surface area contributed by atoms with Crippen LogP contribution in [-0.4, -0.2) is 99.6 Å².